The number of phenols is 1. The molecule has 5 heteroatoms. The third kappa shape index (κ3) is 3.35. The van der Waals surface area contributed by atoms with E-state index in [9.17, 15) is 15.0 Å². The van der Waals surface area contributed by atoms with Crippen LogP contribution in [0.4, 0.5) is 0 Å². The molecular formula is C23H18ClNO3. The second-order valence-corrected chi connectivity index (χ2v) is 7.27. The first-order chi connectivity index (χ1) is 13.4. The summed E-state index contributed by atoms with van der Waals surface area (Å²) in [6.07, 6.45) is 0.582. The van der Waals surface area contributed by atoms with E-state index in [2.05, 4.69) is 4.98 Å². The predicted molar refractivity (Wildman–Crippen MR) is 111 cm³/mol. The topological polar surface area (TPSA) is 73.3 Å². The van der Waals surface area contributed by atoms with E-state index in [0.717, 1.165) is 33.3 Å². The minimum atomic E-state index is -0.921. The Morgan fingerprint density at radius 2 is 1.82 bits per heavy atom. The molecule has 0 amide bonds. The number of phenolic OH excluding ortho intramolecular Hbond substituents is 1. The van der Waals surface area contributed by atoms with Crippen molar-refractivity contribution in [3.8, 4) is 16.9 Å². The highest BCUT2D eigenvalue weighted by atomic mass is 35.5. The summed E-state index contributed by atoms with van der Waals surface area (Å²) in [7, 11) is 0. The van der Waals surface area contributed by atoms with Crippen LogP contribution in [-0.4, -0.2) is 21.2 Å². The van der Waals surface area contributed by atoms with Gasteiger partial charge in [-0.1, -0.05) is 41.9 Å². The van der Waals surface area contributed by atoms with Crippen LogP contribution in [0.25, 0.3) is 22.0 Å². The molecule has 140 valence electrons. The van der Waals surface area contributed by atoms with Gasteiger partial charge in [-0.15, -0.1) is 0 Å². The van der Waals surface area contributed by atoms with Gasteiger partial charge in [0.25, 0.3) is 0 Å². The van der Waals surface area contributed by atoms with Gasteiger partial charge in [-0.25, -0.2) is 4.79 Å². The van der Waals surface area contributed by atoms with Crippen LogP contribution in [0.15, 0.2) is 60.7 Å². The van der Waals surface area contributed by atoms with Gasteiger partial charge in [-0.05, 0) is 48.4 Å². The lowest BCUT2D eigenvalue weighted by Gasteiger charge is -2.07. The molecule has 28 heavy (non-hydrogen) atoms. The molecule has 0 radical (unpaired) electrons. The summed E-state index contributed by atoms with van der Waals surface area (Å²) in [5.74, 6) is -0.740. The fourth-order valence-electron chi connectivity index (χ4n) is 3.45. The number of halogens is 1. The summed E-state index contributed by atoms with van der Waals surface area (Å²) < 4.78 is 0. The van der Waals surface area contributed by atoms with Crippen molar-refractivity contribution < 1.29 is 15.0 Å². The van der Waals surface area contributed by atoms with Crippen molar-refractivity contribution in [1.82, 2.24) is 4.98 Å². The molecule has 4 aromatic rings. The van der Waals surface area contributed by atoms with Crippen LogP contribution < -0.4 is 0 Å². The number of H-pyrrole nitrogens is 1. The Hall–Kier alpha value is -3.24. The first-order valence-electron chi connectivity index (χ1n) is 8.84. The van der Waals surface area contributed by atoms with E-state index >= 15 is 0 Å². The van der Waals surface area contributed by atoms with Crippen molar-refractivity contribution in [2.45, 2.75) is 13.3 Å². The number of hydrogen-bond donors (Lipinski definition) is 3. The smallest absolute Gasteiger partial charge is 0.335 e. The molecule has 4 rings (SSSR count). The van der Waals surface area contributed by atoms with E-state index in [0.29, 0.717) is 22.6 Å². The van der Waals surface area contributed by atoms with Crippen molar-refractivity contribution in [3.05, 3.63) is 88.1 Å². The van der Waals surface area contributed by atoms with Crippen molar-refractivity contribution in [1.29, 1.82) is 0 Å². The second-order valence-electron chi connectivity index (χ2n) is 6.86. The molecule has 0 aliphatic rings. The van der Waals surface area contributed by atoms with Gasteiger partial charge < -0.3 is 15.2 Å². The third-order valence-corrected chi connectivity index (χ3v) is 5.20. The number of para-hydroxylation sites is 1. The van der Waals surface area contributed by atoms with Crippen LogP contribution in [0.2, 0.25) is 5.02 Å². The van der Waals surface area contributed by atoms with Crippen LogP contribution in [0.5, 0.6) is 5.75 Å². The molecule has 0 bridgehead atoms. The molecule has 0 atom stereocenters. The van der Waals surface area contributed by atoms with Crippen LogP contribution >= 0.6 is 11.6 Å². The van der Waals surface area contributed by atoms with E-state index < -0.39 is 5.97 Å². The van der Waals surface area contributed by atoms with Crippen molar-refractivity contribution in [3.63, 3.8) is 0 Å². The minimum Gasteiger partial charge on any atom is -0.507 e. The monoisotopic (exact) mass is 391 g/mol. The highest BCUT2D eigenvalue weighted by Crippen LogP contribution is 2.37. The molecule has 1 aromatic heterocycles. The fraction of sp³-hybridized carbons (Fsp3) is 0.0870. The summed E-state index contributed by atoms with van der Waals surface area (Å²) in [6, 6.07) is 18.4. The summed E-state index contributed by atoms with van der Waals surface area (Å²) >= 11 is 6.46. The standard InChI is InChI=1S/C23H18ClNO3/c1-13-6-7-14(9-18(13)23(27)28)8-16-10-15-11-19(20(24)12-21(15)25-16)17-4-2-3-5-22(17)26/h2-7,9-12,25-26H,8H2,1H3,(H,27,28). The number of nitrogens with one attached hydrogen (secondary N) is 1. The van der Waals surface area contributed by atoms with E-state index in [-0.39, 0.29) is 5.75 Å². The van der Waals surface area contributed by atoms with Crippen molar-refractivity contribution >= 4 is 28.5 Å². The van der Waals surface area contributed by atoms with E-state index in [1.807, 2.05) is 42.5 Å². The maximum atomic E-state index is 11.4. The molecule has 0 saturated heterocycles. The van der Waals surface area contributed by atoms with Crippen LogP contribution in [0.3, 0.4) is 0 Å². The van der Waals surface area contributed by atoms with Gasteiger partial charge in [0, 0.05) is 34.1 Å². The SMILES string of the molecule is Cc1ccc(Cc2cc3cc(-c4ccccc4O)c(Cl)cc3[nH]2)cc1C(=O)O. The number of rotatable bonds is 4. The van der Waals surface area contributed by atoms with Gasteiger partial charge in [0.05, 0.1) is 10.6 Å². The maximum Gasteiger partial charge on any atom is 0.335 e. The number of aromatic nitrogens is 1. The lowest BCUT2D eigenvalue weighted by atomic mass is 10.0. The highest BCUT2D eigenvalue weighted by molar-refractivity contribution is 6.34. The number of aryl methyl sites for hydroxylation is 1. The van der Waals surface area contributed by atoms with Gasteiger partial charge in [-0.3, -0.25) is 0 Å². The average Bonchev–Trinajstić information content (AvgIpc) is 3.04. The van der Waals surface area contributed by atoms with E-state index in [4.69, 9.17) is 11.6 Å². The summed E-state index contributed by atoms with van der Waals surface area (Å²) in [5, 5.41) is 21.0. The Morgan fingerprint density at radius 1 is 1.04 bits per heavy atom. The Labute approximate surface area is 167 Å². The third-order valence-electron chi connectivity index (χ3n) is 4.89. The summed E-state index contributed by atoms with van der Waals surface area (Å²) in [4.78, 5) is 14.7. The summed E-state index contributed by atoms with van der Waals surface area (Å²) in [5.41, 5.74) is 5.28. The predicted octanol–water partition coefficient (Wildman–Crippen LogP) is 5.79. The first-order valence-corrected chi connectivity index (χ1v) is 9.22. The van der Waals surface area contributed by atoms with Gasteiger partial charge in [0.2, 0.25) is 0 Å². The first kappa shape index (κ1) is 18.1. The maximum absolute atomic E-state index is 11.4. The molecule has 3 N–H and O–H groups in total. The van der Waals surface area contributed by atoms with Gasteiger partial charge in [0.15, 0.2) is 0 Å². The van der Waals surface area contributed by atoms with E-state index in [1.54, 1.807) is 25.1 Å². The van der Waals surface area contributed by atoms with Gasteiger partial charge in [-0.2, -0.15) is 0 Å². The zero-order valence-corrected chi connectivity index (χ0v) is 15.9. The number of carbonyl (C=O) groups is 1. The number of aromatic hydroxyl groups is 1. The Morgan fingerprint density at radius 3 is 2.57 bits per heavy atom. The van der Waals surface area contributed by atoms with Gasteiger partial charge in [0.1, 0.15) is 5.75 Å². The summed E-state index contributed by atoms with van der Waals surface area (Å²) in [6.45, 7) is 1.79. The van der Waals surface area contributed by atoms with Crippen molar-refractivity contribution in [2.24, 2.45) is 0 Å². The number of carboxylic acids is 1. The second kappa shape index (κ2) is 7.06. The van der Waals surface area contributed by atoms with Crippen LogP contribution in [-0.2, 0) is 6.42 Å². The largest absolute Gasteiger partial charge is 0.507 e. The molecule has 0 aliphatic carbocycles. The molecule has 0 fully saturated rings. The molecule has 4 nitrogen and oxygen atoms in total. The number of carboxylic acid groups (broad SMARTS) is 1. The zero-order chi connectivity index (χ0) is 19.8. The van der Waals surface area contributed by atoms with E-state index in [1.165, 1.54) is 0 Å². The lowest BCUT2D eigenvalue weighted by molar-refractivity contribution is 0.0696. The number of aromatic carboxylic acids is 1. The normalized spacial score (nSPS) is 11.1. The fourth-order valence-corrected chi connectivity index (χ4v) is 3.71. The Balaban J connectivity index is 1.72. The Kier molecular flexibility index (Phi) is 4.57. The number of aromatic amines is 1. The molecule has 0 aliphatic heterocycles. The highest BCUT2D eigenvalue weighted by Gasteiger charge is 2.12. The minimum absolute atomic E-state index is 0.181. The van der Waals surface area contributed by atoms with Gasteiger partial charge >= 0.3 is 5.97 Å². The lowest BCUT2D eigenvalue weighted by Crippen LogP contribution is -2.01. The molecule has 0 saturated carbocycles. The molecule has 3 aromatic carbocycles. The number of hydrogen-bond acceptors (Lipinski definition) is 2. The molecule has 0 unspecified atom stereocenters. The number of benzene rings is 3. The van der Waals surface area contributed by atoms with Crippen LogP contribution in [0, 0.1) is 6.92 Å². The Bertz CT molecular complexity index is 1210. The molecular weight excluding hydrogens is 374 g/mol. The molecule has 1 heterocycles. The van der Waals surface area contributed by atoms with Crippen LogP contribution in [0.1, 0.15) is 27.2 Å². The number of fused-ring (bicyclic) bond motifs is 1. The quantitative estimate of drug-likeness (QED) is 0.412. The zero-order valence-electron chi connectivity index (χ0n) is 15.2. The van der Waals surface area contributed by atoms with Crippen molar-refractivity contribution in [2.75, 3.05) is 0 Å². The average molecular weight is 392 g/mol. The molecule has 0 spiro atoms.